The number of para-hydroxylation sites is 1. The summed E-state index contributed by atoms with van der Waals surface area (Å²) >= 11 is 0. The Kier molecular flexibility index (Phi) is 4.49. The lowest BCUT2D eigenvalue weighted by Gasteiger charge is -2.18. The van der Waals surface area contributed by atoms with E-state index in [2.05, 4.69) is 66.6 Å². The zero-order chi connectivity index (χ0) is 17.2. The van der Waals surface area contributed by atoms with E-state index < -0.39 is 0 Å². The van der Waals surface area contributed by atoms with Gasteiger partial charge in [-0.2, -0.15) is 5.10 Å². The molecule has 24 heavy (non-hydrogen) atoms. The topological polar surface area (TPSA) is 60.6 Å². The second kappa shape index (κ2) is 6.57. The molecule has 1 atom stereocenters. The SMILES string of the molecule is CC(NCc1cn(C(C)(C)C)nn1)c1ccccc1-n1cccn1. The molecule has 0 fully saturated rings. The van der Waals surface area contributed by atoms with Crippen LogP contribution in [0, 0.1) is 0 Å². The molecule has 0 radical (unpaired) electrons. The molecule has 3 aromatic rings. The number of rotatable bonds is 5. The molecule has 1 unspecified atom stereocenters. The number of benzene rings is 1. The van der Waals surface area contributed by atoms with Crippen molar-refractivity contribution in [3.05, 3.63) is 60.2 Å². The largest absolute Gasteiger partial charge is 0.304 e. The van der Waals surface area contributed by atoms with Crippen LogP contribution in [0.1, 0.15) is 45.0 Å². The number of hydrogen-bond acceptors (Lipinski definition) is 4. The van der Waals surface area contributed by atoms with Crippen molar-refractivity contribution in [1.82, 2.24) is 30.1 Å². The Morgan fingerprint density at radius 1 is 1.17 bits per heavy atom. The van der Waals surface area contributed by atoms with Crippen LogP contribution in [-0.2, 0) is 12.1 Å². The summed E-state index contributed by atoms with van der Waals surface area (Å²) in [4.78, 5) is 0. The van der Waals surface area contributed by atoms with Crippen LogP contribution in [0.3, 0.4) is 0 Å². The first kappa shape index (κ1) is 16.4. The molecule has 6 heteroatoms. The zero-order valence-electron chi connectivity index (χ0n) is 14.6. The van der Waals surface area contributed by atoms with Crippen LogP contribution in [0.5, 0.6) is 0 Å². The van der Waals surface area contributed by atoms with E-state index in [9.17, 15) is 0 Å². The Labute approximate surface area is 142 Å². The molecule has 2 heterocycles. The van der Waals surface area contributed by atoms with Crippen LogP contribution < -0.4 is 5.32 Å². The molecule has 0 bridgehead atoms. The minimum absolute atomic E-state index is 0.0520. The van der Waals surface area contributed by atoms with E-state index in [0.717, 1.165) is 11.4 Å². The molecule has 2 aromatic heterocycles. The van der Waals surface area contributed by atoms with Gasteiger partial charge in [-0.15, -0.1) is 5.10 Å². The van der Waals surface area contributed by atoms with Crippen LogP contribution >= 0.6 is 0 Å². The molecular formula is C18H24N6. The van der Waals surface area contributed by atoms with Crippen LogP contribution in [0.25, 0.3) is 5.69 Å². The zero-order valence-corrected chi connectivity index (χ0v) is 14.6. The maximum Gasteiger partial charge on any atom is 0.0965 e. The van der Waals surface area contributed by atoms with Gasteiger partial charge < -0.3 is 5.32 Å². The van der Waals surface area contributed by atoms with Gasteiger partial charge in [-0.25, -0.2) is 9.36 Å². The van der Waals surface area contributed by atoms with Gasteiger partial charge in [-0.3, -0.25) is 0 Å². The summed E-state index contributed by atoms with van der Waals surface area (Å²) in [6.45, 7) is 9.16. The molecule has 0 saturated heterocycles. The Bertz CT molecular complexity index is 782. The van der Waals surface area contributed by atoms with Gasteiger partial charge in [0.1, 0.15) is 0 Å². The van der Waals surface area contributed by atoms with E-state index in [1.54, 1.807) is 6.20 Å². The lowest BCUT2D eigenvalue weighted by molar-refractivity contribution is 0.347. The van der Waals surface area contributed by atoms with Gasteiger partial charge in [-0.05, 0) is 45.4 Å². The quantitative estimate of drug-likeness (QED) is 0.783. The number of nitrogens with one attached hydrogen (secondary N) is 1. The first-order valence-corrected chi connectivity index (χ1v) is 8.19. The number of hydrogen-bond donors (Lipinski definition) is 1. The molecule has 0 aliphatic heterocycles. The fourth-order valence-electron chi connectivity index (χ4n) is 2.55. The van der Waals surface area contributed by atoms with Gasteiger partial charge in [0.25, 0.3) is 0 Å². The fourth-order valence-corrected chi connectivity index (χ4v) is 2.55. The minimum Gasteiger partial charge on any atom is -0.304 e. The van der Waals surface area contributed by atoms with Crippen LogP contribution in [0.4, 0.5) is 0 Å². The summed E-state index contributed by atoms with van der Waals surface area (Å²) in [6.07, 6.45) is 5.75. The van der Waals surface area contributed by atoms with Crippen molar-refractivity contribution in [3.8, 4) is 5.69 Å². The highest BCUT2D eigenvalue weighted by molar-refractivity contribution is 5.42. The van der Waals surface area contributed by atoms with Gasteiger partial charge in [-0.1, -0.05) is 23.4 Å². The Morgan fingerprint density at radius 2 is 1.96 bits per heavy atom. The molecule has 126 valence electrons. The van der Waals surface area contributed by atoms with Crippen molar-refractivity contribution in [2.24, 2.45) is 0 Å². The Balaban J connectivity index is 1.72. The van der Waals surface area contributed by atoms with E-state index in [-0.39, 0.29) is 11.6 Å². The monoisotopic (exact) mass is 324 g/mol. The summed E-state index contributed by atoms with van der Waals surface area (Å²) in [7, 11) is 0. The highest BCUT2D eigenvalue weighted by Gasteiger charge is 2.16. The Morgan fingerprint density at radius 3 is 2.62 bits per heavy atom. The molecule has 0 amide bonds. The van der Waals surface area contributed by atoms with Crippen LogP contribution in [0.2, 0.25) is 0 Å². The average molecular weight is 324 g/mol. The second-order valence-corrected chi connectivity index (χ2v) is 6.94. The molecule has 1 N–H and O–H groups in total. The molecular weight excluding hydrogens is 300 g/mol. The molecule has 1 aromatic carbocycles. The molecule has 6 nitrogen and oxygen atoms in total. The summed E-state index contributed by atoms with van der Waals surface area (Å²) in [6, 6.07) is 10.4. The predicted molar refractivity (Wildman–Crippen MR) is 93.8 cm³/mol. The smallest absolute Gasteiger partial charge is 0.0965 e. The van der Waals surface area contributed by atoms with Gasteiger partial charge in [0.05, 0.1) is 23.1 Å². The first-order chi connectivity index (χ1) is 11.4. The van der Waals surface area contributed by atoms with Crippen molar-refractivity contribution >= 4 is 0 Å². The van der Waals surface area contributed by atoms with Crippen molar-refractivity contribution in [2.45, 2.75) is 45.8 Å². The summed E-state index contributed by atoms with van der Waals surface area (Å²) < 4.78 is 3.79. The van der Waals surface area contributed by atoms with Gasteiger partial charge in [0.15, 0.2) is 0 Å². The third kappa shape index (κ3) is 3.54. The summed E-state index contributed by atoms with van der Waals surface area (Å²) in [5.74, 6) is 0. The van der Waals surface area contributed by atoms with Crippen LogP contribution in [-0.4, -0.2) is 24.8 Å². The van der Waals surface area contributed by atoms with E-state index in [4.69, 9.17) is 0 Å². The second-order valence-electron chi connectivity index (χ2n) is 6.94. The van der Waals surface area contributed by atoms with Crippen molar-refractivity contribution in [3.63, 3.8) is 0 Å². The molecule has 0 aliphatic carbocycles. The fraction of sp³-hybridized carbons (Fsp3) is 0.389. The lowest BCUT2D eigenvalue weighted by Crippen LogP contribution is -2.22. The maximum absolute atomic E-state index is 4.34. The Hall–Kier alpha value is -2.47. The van der Waals surface area contributed by atoms with E-state index in [1.807, 2.05) is 33.9 Å². The van der Waals surface area contributed by atoms with Crippen LogP contribution in [0.15, 0.2) is 48.9 Å². The third-order valence-corrected chi connectivity index (χ3v) is 3.97. The molecule has 0 saturated carbocycles. The predicted octanol–water partition coefficient (Wildman–Crippen LogP) is 3.07. The van der Waals surface area contributed by atoms with Gasteiger partial charge in [0.2, 0.25) is 0 Å². The first-order valence-electron chi connectivity index (χ1n) is 8.19. The van der Waals surface area contributed by atoms with Gasteiger partial charge in [0, 0.05) is 25.0 Å². The van der Waals surface area contributed by atoms with Crippen molar-refractivity contribution in [1.29, 1.82) is 0 Å². The number of aromatic nitrogens is 5. The normalized spacial score (nSPS) is 13.2. The average Bonchev–Trinajstić information content (AvgIpc) is 3.23. The molecule has 0 aliphatic rings. The number of nitrogens with zero attached hydrogens (tertiary/aromatic N) is 5. The van der Waals surface area contributed by atoms with E-state index >= 15 is 0 Å². The van der Waals surface area contributed by atoms with E-state index in [1.165, 1.54) is 5.56 Å². The minimum atomic E-state index is -0.0520. The van der Waals surface area contributed by atoms with Crippen molar-refractivity contribution < 1.29 is 0 Å². The highest BCUT2D eigenvalue weighted by Crippen LogP contribution is 2.21. The third-order valence-electron chi connectivity index (χ3n) is 3.97. The lowest BCUT2D eigenvalue weighted by atomic mass is 10.1. The maximum atomic E-state index is 4.34. The molecule has 0 spiro atoms. The van der Waals surface area contributed by atoms with Gasteiger partial charge >= 0.3 is 0 Å². The summed E-state index contributed by atoms with van der Waals surface area (Å²) in [5.41, 5.74) is 3.17. The molecule has 3 rings (SSSR count). The van der Waals surface area contributed by atoms with E-state index in [0.29, 0.717) is 6.54 Å². The standard InChI is InChI=1S/C18H24N6/c1-14(19-12-15-13-24(22-21-15)18(2,3)4)16-8-5-6-9-17(16)23-11-7-10-20-23/h5-11,13-14,19H,12H2,1-4H3. The van der Waals surface area contributed by atoms with Crippen molar-refractivity contribution in [2.75, 3.05) is 0 Å². The summed E-state index contributed by atoms with van der Waals surface area (Å²) in [5, 5.41) is 16.3. The highest BCUT2D eigenvalue weighted by atomic mass is 15.4.